The number of aromatic nitrogens is 1. The van der Waals surface area contributed by atoms with Crippen LogP contribution in [0.25, 0.3) is 0 Å². The van der Waals surface area contributed by atoms with Gasteiger partial charge in [0.1, 0.15) is 0 Å². The van der Waals surface area contributed by atoms with E-state index in [0.29, 0.717) is 0 Å². The zero-order valence-electron chi connectivity index (χ0n) is 5.37. The quantitative estimate of drug-likeness (QED) is 0.670. The molecule has 2 nitrogen and oxygen atoms in total. The van der Waals surface area contributed by atoms with Crippen molar-refractivity contribution < 1.29 is 0 Å². The Kier molecular flexibility index (Phi) is 2.19. The first-order valence-electron chi connectivity index (χ1n) is 2.94. The van der Waals surface area contributed by atoms with Crippen molar-refractivity contribution in [2.75, 3.05) is 0 Å². The van der Waals surface area contributed by atoms with Crippen LogP contribution in [-0.2, 0) is 6.42 Å². The molecule has 1 aromatic heterocycles. The second-order valence-corrected chi connectivity index (χ2v) is 2.84. The molecule has 0 amide bonds. The zero-order chi connectivity index (χ0) is 6.69. The van der Waals surface area contributed by atoms with Gasteiger partial charge in [-0.05, 0) is 24.5 Å². The molecule has 1 atom stereocenters. The molecule has 1 rings (SSSR count). The minimum Gasteiger partial charge on any atom is -0.328 e. The van der Waals surface area contributed by atoms with E-state index in [1.165, 1.54) is 11.5 Å². The van der Waals surface area contributed by atoms with Crippen molar-refractivity contribution in [3.8, 4) is 0 Å². The third-order valence-corrected chi connectivity index (χ3v) is 1.62. The highest BCUT2D eigenvalue weighted by atomic mass is 32.1. The van der Waals surface area contributed by atoms with Crippen molar-refractivity contribution >= 4 is 11.5 Å². The lowest BCUT2D eigenvalue weighted by Gasteiger charge is -1.98. The fourth-order valence-electron chi connectivity index (χ4n) is 0.673. The maximum Gasteiger partial charge on any atom is 0.0557 e. The summed E-state index contributed by atoms with van der Waals surface area (Å²) in [4.78, 5) is 0. The van der Waals surface area contributed by atoms with E-state index in [4.69, 9.17) is 5.73 Å². The summed E-state index contributed by atoms with van der Waals surface area (Å²) in [5.41, 5.74) is 6.65. The molecule has 0 aliphatic carbocycles. The predicted molar refractivity (Wildman–Crippen MR) is 39.5 cm³/mol. The molecule has 0 fully saturated rings. The van der Waals surface area contributed by atoms with Gasteiger partial charge in [0.15, 0.2) is 0 Å². The molecule has 9 heavy (non-hydrogen) atoms. The summed E-state index contributed by atoms with van der Waals surface area (Å²) in [6.45, 7) is 1.99. The van der Waals surface area contributed by atoms with Crippen LogP contribution in [0.15, 0.2) is 11.4 Å². The molecule has 0 aromatic carbocycles. The molecule has 0 saturated carbocycles. The van der Waals surface area contributed by atoms with Gasteiger partial charge in [-0.3, -0.25) is 0 Å². The van der Waals surface area contributed by atoms with Crippen LogP contribution >= 0.6 is 11.5 Å². The Morgan fingerprint density at radius 2 is 2.67 bits per heavy atom. The summed E-state index contributed by atoms with van der Waals surface area (Å²) in [5.74, 6) is 0. The van der Waals surface area contributed by atoms with E-state index in [-0.39, 0.29) is 6.04 Å². The highest BCUT2D eigenvalue weighted by Gasteiger charge is 1.97. The van der Waals surface area contributed by atoms with E-state index in [1.807, 2.05) is 18.4 Å². The second-order valence-electron chi connectivity index (χ2n) is 2.17. The van der Waals surface area contributed by atoms with Crippen LogP contribution in [-0.4, -0.2) is 10.4 Å². The van der Waals surface area contributed by atoms with E-state index < -0.39 is 0 Å². The summed E-state index contributed by atoms with van der Waals surface area (Å²) < 4.78 is 4.12. The van der Waals surface area contributed by atoms with Crippen LogP contribution < -0.4 is 5.73 Å². The topological polar surface area (TPSA) is 38.9 Å². The Labute approximate surface area is 58.9 Å². The molecular formula is C6H10N2S. The van der Waals surface area contributed by atoms with E-state index >= 15 is 0 Å². The number of nitrogens with zero attached hydrogens (tertiary/aromatic N) is 1. The molecule has 50 valence electrons. The lowest BCUT2D eigenvalue weighted by molar-refractivity contribution is 0.728. The third kappa shape index (κ3) is 2.11. The second kappa shape index (κ2) is 2.94. The molecule has 3 heteroatoms. The number of hydrogen-bond acceptors (Lipinski definition) is 3. The Balaban J connectivity index is 2.48. The fourth-order valence-corrected chi connectivity index (χ4v) is 1.22. The van der Waals surface area contributed by atoms with Crippen LogP contribution in [0.3, 0.4) is 0 Å². The molecule has 1 aromatic rings. The van der Waals surface area contributed by atoms with Crippen molar-refractivity contribution in [2.24, 2.45) is 5.73 Å². The van der Waals surface area contributed by atoms with Crippen molar-refractivity contribution in [3.05, 3.63) is 17.1 Å². The normalized spacial score (nSPS) is 13.6. The smallest absolute Gasteiger partial charge is 0.0557 e. The summed E-state index contributed by atoms with van der Waals surface area (Å²) >= 11 is 1.48. The average molecular weight is 142 g/mol. The minimum absolute atomic E-state index is 0.229. The first-order valence-corrected chi connectivity index (χ1v) is 3.77. The van der Waals surface area contributed by atoms with Crippen LogP contribution in [0.4, 0.5) is 0 Å². The fraction of sp³-hybridized carbons (Fsp3) is 0.500. The van der Waals surface area contributed by atoms with E-state index in [2.05, 4.69) is 4.37 Å². The first-order chi connectivity index (χ1) is 4.29. The van der Waals surface area contributed by atoms with Gasteiger partial charge in [0, 0.05) is 17.8 Å². The van der Waals surface area contributed by atoms with E-state index in [9.17, 15) is 0 Å². The van der Waals surface area contributed by atoms with Crippen LogP contribution in [0, 0.1) is 0 Å². The molecule has 0 aliphatic heterocycles. The molecular weight excluding hydrogens is 132 g/mol. The highest BCUT2D eigenvalue weighted by molar-refractivity contribution is 7.03. The highest BCUT2D eigenvalue weighted by Crippen LogP contribution is 2.01. The maximum atomic E-state index is 5.55. The van der Waals surface area contributed by atoms with Crippen molar-refractivity contribution in [1.29, 1.82) is 0 Å². The largest absolute Gasteiger partial charge is 0.328 e. The number of rotatable bonds is 2. The third-order valence-electron chi connectivity index (χ3n) is 1.02. The first kappa shape index (κ1) is 6.71. The summed E-state index contributed by atoms with van der Waals surface area (Å²) in [5, 5.41) is 1.97. The van der Waals surface area contributed by atoms with Gasteiger partial charge >= 0.3 is 0 Å². The average Bonchev–Trinajstić information content (AvgIpc) is 2.15. The molecule has 0 saturated heterocycles. The van der Waals surface area contributed by atoms with Crippen molar-refractivity contribution in [2.45, 2.75) is 19.4 Å². The van der Waals surface area contributed by atoms with E-state index in [0.717, 1.165) is 12.1 Å². The van der Waals surface area contributed by atoms with Gasteiger partial charge in [-0.15, -0.1) is 0 Å². The molecule has 0 aliphatic rings. The Morgan fingerprint density at radius 1 is 1.89 bits per heavy atom. The maximum absolute atomic E-state index is 5.55. The Morgan fingerprint density at radius 3 is 3.11 bits per heavy atom. The zero-order valence-corrected chi connectivity index (χ0v) is 6.19. The van der Waals surface area contributed by atoms with E-state index in [1.54, 1.807) is 0 Å². The van der Waals surface area contributed by atoms with Crippen molar-refractivity contribution in [3.63, 3.8) is 0 Å². The van der Waals surface area contributed by atoms with Gasteiger partial charge in [-0.1, -0.05) is 0 Å². The SMILES string of the molecule is CC(N)Cc1ccsn1. The van der Waals surface area contributed by atoms with Gasteiger partial charge in [0.05, 0.1) is 5.69 Å². The van der Waals surface area contributed by atoms with Gasteiger partial charge < -0.3 is 5.73 Å². The van der Waals surface area contributed by atoms with Crippen LogP contribution in [0.1, 0.15) is 12.6 Å². The Bertz CT molecular complexity index is 158. The van der Waals surface area contributed by atoms with Gasteiger partial charge in [-0.2, -0.15) is 4.37 Å². The van der Waals surface area contributed by atoms with Crippen LogP contribution in [0.2, 0.25) is 0 Å². The standard InChI is InChI=1S/C6H10N2S/c1-5(7)4-6-2-3-9-8-6/h2-3,5H,4,7H2,1H3. The molecule has 0 spiro atoms. The van der Waals surface area contributed by atoms with Crippen molar-refractivity contribution in [1.82, 2.24) is 4.37 Å². The lowest BCUT2D eigenvalue weighted by Crippen LogP contribution is -2.17. The van der Waals surface area contributed by atoms with Gasteiger partial charge in [0.25, 0.3) is 0 Å². The summed E-state index contributed by atoms with van der Waals surface area (Å²) in [6, 6.07) is 2.24. The molecule has 2 N–H and O–H groups in total. The monoisotopic (exact) mass is 142 g/mol. The number of hydrogen-bond donors (Lipinski definition) is 1. The lowest BCUT2D eigenvalue weighted by atomic mass is 10.2. The summed E-state index contributed by atoms with van der Waals surface area (Å²) in [7, 11) is 0. The molecule has 0 bridgehead atoms. The molecule has 0 radical (unpaired) electrons. The minimum atomic E-state index is 0.229. The predicted octanol–water partition coefficient (Wildman–Crippen LogP) is 1.03. The van der Waals surface area contributed by atoms with Gasteiger partial charge in [-0.25, -0.2) is 0 Å². The van der Waals surface area contributed by atoms with Crippen LogP contribution in [0.5, 0.6) is 0 Å². The molecule has 1 heterocycles. The Hall–Kier alpha value is -0.410. The summed E-state index contributed by atoms with van der Waals surface area (Å²) in [6.07, 6.45) is 0.892. The molecule has 1 unspecified atom stereocenters. The number of nitrogens with two attached hydrogens (primary N) is 1. The van der Waals surface area contributed by atoms with Gasteiger partial charge in [0.2, 0.25) is 0 Å².